The van der Waals surface area contributed by atoms with Gasteiger partial charge in [-0.05, 0) is 17.7 Å². The summed E-state index contributed by atoms with van der Waals surface area (Å²) >= 11 is 5.74. The minimum atomic E-state index is 0.528. The molecule has 0 fully saturated rings. The molecule has 0 saturated heterocycles. The van der Waals surface area contributed by atoms with Crippen LogP contribution in [-0.4, -0.2) is 17.0 Å². The van der Waals surface area contributed by atoms with Crippen LogP contribution in [0.15, 0.2) is 36.7 Å². The molecular weight excluding hydrogens is 236 g/mol. The van der Waals surface area contributed by atoms with E-state index in [-0.39, 0.29) is 0 Å². The molecule has 2 aromatic rings. The van der Waals surface area contributed by atoms with Crippen molar-refractivity contribution < 1.29 is 0 Å². The van der Waals surface area contributed by atoms with Crippen molar-refractivity contribution in [2.45, 2.75) is 6.54 Å². The van der Waals surface area contributed by atoms with E-state index in [1.54, 1.807) is 12.4 Å². The van der Waals surface area contributed by atoms with E-state index in [0.717, 1.165) is 11.3 Å². The van der Waals surface area contributed by atoms with Gasteiger partial charge < -0.3 is 10.6 Å². The summed E-state index contributed by atoms with van der Waals surface area (Å²) in [5, 5.41) is 0.528. The minimum Gasteiger partial charge on any atom is -0.326 e. The van der Waals surface area contributed by atoms with Crippen LogP contribution in [0.5, 0.6) is 0 Å². The molecule has 0 bridgehead atoms. The Labute approximate surface area is 105 Å². The SMILES string of the molecule is CN(c1ccc(CN)cc1)c1ncc(Cl)cn1. The van der Waals surface area contributed by atoms with Crippen LogP contribution in [-0.2, 0) is 6.54 Å². The summed E-state index contributed by atoms with van der Waals surface area (Å²) < 4.78 is 0. The maximum absolute atomic E-state index is 5.74. The quantitative estimate of drug-likeness (QED) is 0.906. The Morgan fingerprint density at radius 3 is 2.29 bits per heavy atom. The lowest BCUT2D eigenvalue weighted by atomic mass is 10.2. The van der Waals surface area contributed by atoms with E-state index in [2.05, 4.69) is 9.97 Å². The molecule has 17 heavy (non-hydrogen) atoms. The summed E-state index contributed by atoms with van der Waals surface area (Å²) in [5.74, 6) is 0.606. The molecule has 5 heteroatoms. The smallest absolute Gasteiger partial charge is 0.229 e. The van der Waals surface area contributed by atoms with Crippen LogP contribution >= 0.6 is 11.6 Å². The summed E-state index contributed by atoms with van der Waals surface area (Å²) in [5.41, 5.74) is 7.65. The second kappa shape index (κ2) is 5.12. The number of nitrogens with zero attached hydrogens (tertiary/aromatic N) is 3. The lowest BCUT2D eigenvalue weighted by Gasteiger charge is -2.17. The molecule has 0 radical (unpaired) electrons. The minimum absolute atomic E-state index is 0.528. The monoisotopic (exact) mass is 248 g/mol. The molecule has 0 spiro atoms. The van der Waals surface area contributed by atoms with Crippen LogP contribution in [0, 0.1) is 0 Å². The molecule has 2 rings (SSSR count). The van der Waals surface area contributed by atoms with Gasteiger partial charge in [0, 0.05) is 19.3 Å². The molecule has 0 aliphatic rings. The van der Waals surface area contributed by atoms with Crippen LogP contribution in [0.4, 0.5) is 11.6 Å². The molecule has 88 valence electrons. The van der Waals surface area contributed by atoms with Gasteiger partial charge in [-0.3, -0.25) is 0 Å². The molecule has 4 nitrogen and oxygen atoms in total. The van der Waals surface area contributed by atoms with Crippen molar-refractivity contribution in [2.24, 2.45) is 5.73 Å². The van der Waals surface area contributed by atoms with Gasteiger partial charge in [0.15, 0.2) is 0 Å². The van der Waals surface area contributed by atoms with Crippen LogP contribution in [0.2, 0.25) is 5.02 Å². The second-order valence-electron chi connectivity index (χ2n) is 3.63. The number of hydrogen-bond donors (Lipinski definition) is 1. The number of aromatic nitrogens is 2. The van der Waals surface area contributed by atoms with Crippen molar-refractivity contribution in [3.63, 3.8) is 0 Å². The zero-order valence-electron chi connectivity index (χ0n) is 9.47. The number of rotatable bonds is 3. The van der Waals surface area contributed by atoms with Gasteiger partial charge in [0.1, 0.15) is 0 Å². The Kier molecular flexibility index (Phi) is 3.56. The van der Waals surface area contributed by atoms with E-state index < -0.39 is 0 Å². The fraction of sp³-hybridized carbons (Fsp3) is 0.167. The van der Waals surface area contributed by atoms with Gasteiger partial charge in [0.25, 0.3) is 0 Å². The molecular formula is C12H13ClN4. The number of nitrogens with two attached hydrogens (primary N) is 1. The third-order valence-corrected chi connectivity index (χ3v) is 2.66. The van der Waals surface area contributed by atoms with Crippen molar-refractivity contribution in [3.05, 3.63) is 47.2 Å². The van der Waals surface area contributed by atoms with E-state index in [9.17, 15) is 0 Å². The Morgan fingerprint density at radius 1 is 1.18 bits per heavy atom. The lowest BCUT2D eigenvalue weighted by molar-refractivity contribution is 1.03. The van der Waals surface area contributed by atoms with Crippen LogP contribution < -0.4 is 10.6 Å². The van der Waals surface area contributed by atoms with E-state index in [4.69, 9.17) is 17.3 Å². The maximum atomic E-state index is 5.74. The second-order valence-corrected chi connectivity index (χ2v) is 4.07. The Morgan fingerprint density at radius 2 is 1.76 bits per heavy atom. The van der Waals surface area contributed by atoms with Gasteiger partial charge in [-0.1, -0.05) is 23.7 Å². The summed E-state index contributed by atoms with van der Waals surface area (Å²) in [6, 6.07) is 7.95. The van der Waals surface area contributed by atoms with E-state index >= 15 is 0 Å². The topological polar surface area (TPSA) is 55.0 Å². The number of anilines is 2. The average molecular weight is 249 g/mol. The third-order valence-electron chi connectivity index (χ3n) is 2.47. The molecule has 1 aromatic heterocycles. The summed E-state index contributed by atoms with van der Waals surface area (Å²) in [6.45, 7) is 0.543. The van der Waals surface area contributed by atoms with Crippen molar-refractivity contribution in [2.75, 3.05) is 11.9 Å². The van der Waals surface area contributed by atoms with Crippen molar-refractivity contribution in [3.8, 4) is 0 Å². The molecule has 0 amide bonds. The lowest BCUT2D eigenvalue weighted by Crippen LogP contribution is -2.12. The number of hydrogen-bond acceptors (Lipinski definition) is 4. The molecule has 1 heterocycles. The first-order valence-corrected chi connectivity index (χ1v) is 5.59. The van der Waals surface area contributed by atoms with Crippen molar-refractivity contribution >= 4 is 23.2 Å². The van der Waals surface area contributed by atoms with Gasteiger partial charge in [0.2, 0.25) is 5.95 Å². The fourth-order valence-corrected chi connectivity index (χ4v) is 1.55. The molecule has 2 N–H and O–H groups in total. The highest BCUT2D eigenvalue weighted by Crippen LogP contribution is 2.20. The van der Waals surface area contributed by atoms with Crippen molar-refractivity contribution in [1.29, 1.82) is 0 Å². The van der Waals surface area contributed by atoms with Crippen LogP contribution in [0.25, 0.3) is 0 Å². The average Bonchev–Trinajstić information content (AvgIpc) is 2.39. The van der Waals surface area contributed by atoms with Gasteiger partial charge in [-0.25, -0.2) is 9.97 Å². The predicted molar refractivity (Wildman–Crippen MR) is 69.4 cm³/mol. The van der Waals surface area contributed by atoms with Gasteiger partial charge in [-0.2, -0.15) is 0 Å². The normalized spacial score (nSPS) is 10.3. The Balaban J connectivity index is 2.23. The molecule has 0 saturated carbocycles. The van der Waals surface area contributed by atoms with Crippen molar-refractivity contribution in [1.82, 2.24) is 9.97 Å². The standard InChI is InChI=1S/C12H13ClN4/c1-17(12-15-7-10(13)8-16-12)11-4-2-9(6-14)3-5-11/h2-5,7-8H,6,14H2,1H3. The predicted octanol–water partition coefficient (Wildman–Crippen LogP) is 2.36. The summed E-state index contributed by atoms with van der Waals surface area (Å²) in [6.07, 6.45) is 3.16. The van der Waals surface area contributed by atoms with Gasteiger partial charge in [-0.15, -0.1) is 0 Å². The fourth-order valence-electron chi connectivity index (χ4n) is 1.45. The zero-order chi connectivity index (χ0) is 12.3. The van der Waals surface area contributed by atoms with E-state index in [1.807, 2.05) is 36.2 Å². The zero-order valence-corrected chi connectivity index (χ0v) is 10.2. The van der Waals surface area contributed by atoms with Gasteiger partial charge in [0.05, 0.1) is 17.4 Å². The number of halogens is 1. The van der Waals surface area contributed by atoms with Crippen LogP contribution in [0.1, 0.15) is 5.56 Å². The highest BCUT2D eigenvalue weighted by molar-refractivity contribution is 6.30. The molecule has 0 aliphatic carbocycles. The first kappa shape index (κ1) is 11.8. The Hall–Kier alpha value is -1.65. The highest BCUT2D eigenvalue weighted by atomic mass is 35.5. The largest absolute Gasteiger partial charge is 0.326 e. The maximum Gasteiger partial charge on any atom is 0.229 e. The van der Waals surface area contributed by atoms with E-state index in [1.165, 1.54) is 0 Å². The van der Waals surface area contributed by atoms with Crippen LogP contribution in [0.3, 0.4) is 0 Å². The summed E-state index contributed by atoms with van der Waals surface area (Å²) in [4.78, 5) is 10.2. The Bertz CT molecular complexity index is 481. The molecule has 0 atom stereocenters. The first-order chi connectivity index (χ1) is 8.20. The molecule has 0 aliphatic heterocycles. The summed E-state index contributed by atoms with van der Waals surface area (Å²) in [7, 11) is 1.90. The van der Waals surface area contributed by atoms with E-state index in [0.29, 0.717) is 17.5 Å². The first-order valence-electron chi connectivity index (χ1n) is 5.21. The highest BCUT2D eigenvalue weighted by Gasteiger charge is 2.06. The molecule has 1 aromatic carbocycles. The molecule has 0 unspecified atom stereocenters. The third kappa shape index (κ3) is 2.72. The van der Waals surface area contributed by atoms with Gasteiger partial charge >= 0.3 is 0 Å². The number of benzene rings is 1.